The molecular formula is C33H41F2N5O5S. The summed E-state index contributed by atoms with van der Waals surface area (Å²) in [4.78, 5) is 32.7. The molecule has 0 spiro atoms. The maximum atomic E-state index is 14.1. The number of nitrogens with one attached hydrogen (secondary N) is 2. The van der Waals surface area contributed by atoms with E-state index in [1.807, 2.05) is 13.8 Å². The van der Waals surface area contributed by atoms with Crippen molar-refractivity contribution in [2.75, 3.05) is 32.7 Å². The summed E-state index contributed by atoms with van der Waals surface area (Å²) in [6, 6.07) is 8.79. The van der Waals surface area contributed by atoms with Crippen molar-refractivity contribution in [1.82, 2.24) is 24.8 Å². The van der Waals surface area contributed by atoms with Crippen molar-refractivity contribution in [1.29, 1.82) is 0 Å². The number of rotatable bonds is 13. The van der Waals surface area contributed by atoms with Crippen LogP contribution >= 0.6 is 0 Å². The first-order valence-corrected chi connectivity index (χ1v) is 16.8. The van der Waals surface area contributed by atoms with Gasteiger partial charge < -0.3 is 20.6 Å². The van der Waals surface area contributed by atoms with Gasteiger partial charge in [-0.1, -0.05) is 13.8 Å². The van der Waals surface area contributed by atoms with E-state index in [4.69, 9.17) is 0 Å². The lowest BCUT2D eigenvalue weighted by Gasteiger charge is -2.38. The molecule has 0 aliphatic carbocycles. The summed E-state index contributed by atoms with van der Waals surface area (Å²) < 4.78 is 56.1. The third-order valence-corrected chi connectivity index (χ3v) is 9.67. The van der Waals surface area contributed by atoms with E-state index in [1.165, 1.54) is 34.9 Å². The Hall–Kier alpha value is -3.78. The van der Waals surface area contributed by atoms with Crippen LogP contribution in [0.4, 0.5) is 8.78 Å². The molecule has 0 unspecified atom stereocenters. The summed E-state index contributed by atoms with van der Waals surface area (Å²) in [6.45, 7) is 7.10. The number of carbonyl (C=O) groups is 2. The molecule has 1 aromatic heterocycles. The van der Waals surface area contributed by atoms with Crippen molar-refractivity contribution in [2.24, 2.45) is 0 Å². The van der Waals surface area contributed by atoms with Gasteiger partial charge in [-0.05, 0) is 79.8 Å². The maximum Gasteiger partial charge on any atom is 0.253 e. The van der Waals surface area contributed by atoms with Crippen LogP contribution in [0.2, 0.25) is 0 Å². The van der Waals surface area contributed by atoms with E-state index >= 15 is 0 Å². The molecule has 2 amide bonds. The first-order valence-electron chi connectivity index (χ1n) is 15.4. The van der Waals surface area contributed by atoms with Crippen LogP contribution in [0.5, 0.6) is 0 Å². The summed E-state index contributed by atoms with van der Waals surface area (Å²) in [5.41, 5.74) is 1.39. The SMILES string of the molecule is CCCN(CCC)C(=O)c1cc(C)cc(C(=O)N[C@@H](Cc2cc(F)cc(F)c2)[C@H](O)[C@H]2CN(S(=O)(=O)c3cccnc3)CCN2)c1. The fourth-order valence-corrected chi connectivity index (χ4v) is 7.12. The zero-order valence-electron chi connectivity index (χ0n) is 26.2. The summed E-state index contributed by atoms with van der Waals surface area (Å²) in [5, 5.41) is 17.5. The molecule has 2 aromatic carbocycles. The smallest absolute Gasteiger partial charge is 0.253 e. The van der Waals surface area contributed by atoms with Gasteiger partial charge in [0.1, 0.15) is 16.5 Å². The molecule has 3 atom stereocenters. The molecule has 10 nitrogen and oxygen atoms in total. The van der Waals surface area contributed by atoms with Crippen LogP contribution in [0.25, 0.3) is 0 Å². The van der Waals surface area contributed by atoms with E-state index in [9.17, 15) is 31.9 Å². The van der Waals surface area contributed by atoms with Gasteiger partial charge >= 0.3 is 0 Å². The van der Waals surface area contributed by atoms with Gasteiger partial charge in [0.15, 0.2) is 0 Å². The Balaban J connectivity index is 1.61. The molecule has 1 fully saturated rings. The highest BCUT2D eigenvalue weighted by Crippen LogP contribution is 2.21. The molecular weight excluding hydrogens is 616 g/mol. The quantitative estimate of drug-likeness (QED) is 0.257. The topological polar surface area (TPSA) is 132 Å². The summed E-state index contributed by atoms with van der Waals surface area (Å²) in [6.07, 6.45) is 2.73. The van der Waals surface area contributed by atoms with Crippen LogP contribution in [0.15, 0.2) is 65.8 Å². The minimum atomic E-state index is -3.93. The molecule has 0 bridgehead atoms. The van der Waals surface area contributed by atoms with Crippen molar-refractivity contribution in [3.8, 4) is 0 Å². The lowest BCUT2D eigenvalue weighted by Crippen LogP contribution is -2.62. The third-order valence-electron chi connectivity index (χ3n) is 7.82. The van der Waals surface area contributed by atoms with Crippen molar-refractivity contribution >= 4 is 21.8 Å². The molecule has 3 aromatic rings. The molecule has 248 valence electrons. The van der Waals surface area contributed by atoms with Gasteiger partial charge in [0.05, 0.1) is 12.1 Å². The number of carbonyl (C=O) groups excluding carboxylic acids is 2. The number of hydrogen-bond donors (Lipinski definition) is 3. The van der Waals surface area contributed by atoms with E-state index < -0.39 is 45.8 Å². The third kappa shape index (κ3) is 8.72. The number of aryl methyl sites for hydroxylation is 1. The number of halogens is 2. The van der Waals surface area contributed by atoms with E-state index in [2.05, 4.69) is 15.6 Å². The Morgan fingerprint density at radius 1 is 1.09 bits per heavy atom. The number of aliphatic hydroxyl groups excluding tert-OH is 1. The zero-order valence-corrected chi connectivity index (χ0v) is 27.1. The number of pyridine rings is 1. The van der Waals surface area contributed by atoms with Gasteiger partial charge in [0, 0.05) is 68.4 Å². The Morgan fingerprint density at radius 2 is 1.76 bits per heavy atom. The molecule has 1 aliphatic heterocycles. The van der Waals surface area contributed by atoms with Crippen LogP contribution < -0.4 is 10.6 Å². The van der Waals surface area contributed by atoms with Crippen molar-refractivity contribution in [3.63, 3.8) is 0 Å². The van der Waals surface area contributed by atoms with E-state index in [-0.39, 0.29) is 48.0 Å². The highest BCUT2D eigenvalue weighted by Gasteiger charge is 2.37. The first kappa shape index (κ1) is 35.1. The second-order valence-corrected chi connectivity index (χ2v) is 13.5. The van der Waals surface area contributed by atoms with Gasteiger partial charge in [-0.3, -0.25) is 14.6 Å². The Morgan fingerprint density at radius 3 is 2.39 bits per heavy atom. The van der Waals surface area contributed by atoms with Crippen LogP contribution in [0.3, 0.4) is 0 Å². The number of amides is 2. The molecule has 1 aliphatic rings. The monoisotopic (exact) mass is 657 g/mol. The van der Waals surface area contributed by atoms with E-state index in [1.54, 1.807) is 24.0 Å². The number of aromatic nitrogens is 1. The molecule has 0 radical (unpaired) electrons. The summed E-state index contributed by atoms with van der Waals surface area (Å²) in [5.74, 6) is -2.43. The predicted octanol–water partition coefficient (Wildman–Crippen LogP) is 3.30. The average Bonchev–Trinajstić information content (AvgIpc) is 3.03. The highest BCUT2D eigenvalue weighted by atomic mass is 32.2. The maximum absolute atomic E-state index is 14.1. The molecule has 0 saturated carbocycles. The number of hydrogen-bond acceptors (Lipinski definition) is 7. The van der Waals surface area contributed by atoms with Crippen LogP contribution in [-0.2, 0) is 16.4 Å². The molecule has 46 heavy (non-hydrogen) atoms. The van der Waals surface area contributed by atoms with Crippen molar-refractivity contribution in [2.45, 2.75) is 63.1 Å². The number of piperazine rings is 1. The van der Waals surface area contributed by atoms with Gasteiger partial charge in [-0.2, -0.15) is 4.31 Å². The predicted molar refractivity (Wildman–Crippen MR) is 170 cm³/mol. The molecule has 1 saturated heterocycles. The van der Waals surface area contributed by atoms with Crippen molar-refractivity contribution in [3.05, 3.63) is 94.8 Å². The fourth-order valence-electron chi connectivity index (χ4n) is 5.69. The lowest BCUT2D eigenvalue weighted by atomic mass is 9.94. The van der Waals surface area contributed by atoms with Gasteiger partial charge in [-0.15, -0.1) is 0 Å². The minimum Gasteiger partial charge on any atom is -0.389 e. The van der Waals surface area contributed by atoms with Gasteiger partial charge in [0.2, 0.25) is 10.0 Å². The van der Waals surface area contributed by atoms with Gasteiger partial charge in [-0.25, -0.2) is 17.2 Å². The second kappa shape index (κ2) is 15.7. The summed E-state index contributed by atoms with van der Waals surface area (Å²) >= 11 is 0. The molecule has 3 N–H and O–H groups in total. The summed E-state index contributed by atoms with van der Waals surface area (Å²) in [7, 11) is -3.93. The number of aliphatic hydroxyl groups is 1. The van der Waals surface area contributed by atoms with Crippen LogP contribution in [0, 0.1) is 18.6 Å². The normalized spacial score (nSPS) is 16.9. The zero-order chi connectivity index (χ0) is 33.4. The molecule has 13 heteroatoms. The second-order valence-electron chi connectivity index (χ2n) is 11.5. The average molecular weight is 658 g/mol. The fraction of sp³-hybridized carbons (Fsp3) is 0.424. The molecule has 4 rings (SSSR count). The minimum absolute atomic E-state index is 0.00599. The van der Waals surface area contributed by atoms with Crippen molar-refractivity contribution < 1.29 is 31.9 Å². The Labute approximate surface area is 268 Å². The number of nitrogens with zero attached hydrogens (tertiary/aromatic N) is 3. The Kier molecular flexibility index (Phi) is 12.0. The standard InChI is InChI=1S/C33H41F2N5O5S/c1-4-10-39(11-5-2)33(43)25-14-22(3)13-24(18-25)32(42)38-29(17-23-15-26(34)19-27(35)16-23)31(41)30-21-40(12-9-37-30)46(44,45)28-7-6-8-36-20-28/h6-8,13-16,18-20,29-31,37,41H,4-5,9-12,17,21H2,1-3H3,(H,38,42)/t29-,30+,31-/m0/s1. The first-order chi connectivity index (χ1) is 21.9. The number of sulfonamides is 1. The van der Waals surface area contributed by atoms with Gasteiger partial charge in [0.25, 0.3) is 11.8 Å². The number of benzene rings is 2. The molecule has 2 heterocycles. The Bertz CT molecular complexity index is 1600. The largest absolute Gasteiger partial charge is 0.389 e. The van der Waals surface area contributed by atoms with Crippen LogP contribution in [-0.4, -0.2) is 90.4 Å². The van der Waals surface area contributed by atoms with E-state index in [0.29, 0.717) is 24.2 Å². The van der Waals surface area contributed by atoms with E-state index in [0.717, 1.165) is 31.0 Å². The lowest BCUT2D eigenvalue weighted by molar-refractivity contribution is 0.0600. The van der Waals surface area contributed by atoms with Crippen LogP contribution in [0.1, 0.15) is 58.5 Å². The highest BCUT2D eigenvalue weighted by molar-refractivity contribution is 7.89.